The van der Waals surface area contributed by atoms with Crippen molar-refractivity contribution >= 4 is 5.91 Å². The first-order valence-corrected chi connectivity index (χ1v) is 4.58. The van der Waals surface area contributed by atoms with Crippen molar-refractivity contribution in [3.8, 4) is 11.5 Å². The number of nitrogens with two attached hydrogens (primary N) is 1. The Balaban J connectivity index is 2.87. The molecule has 0 aromatic heterocycles. The molecule has 0 heterocycles. The van der Waals surface area contributed by atoms with E-state index >= 15 is 0 Å². The van der Waals surface area contributed by atoms with E-state index in [4.69, 9.17) is 10.8 Å². The van der Waals surface area contributed by atoms with Gasteiger partial charge >= 0.3 is 0 Å². The minimum Gasteiger partial charge on any atom is -0.508 e. The first kappa shape index (κ1) is 12.3. The van der Waals surface area contributed by atoms with Gasteiger partial charge in [0, 0.05) is 11.6 Å². The van der Waals surface area contributed by atoms with Crippen LogP contribution in [0.15, 0.2) is 18.2 Å². The van der Waals surface area contributed by atoms with Crippen molar-refractivity contribution < 1.29 is 25.2 Å². The zero-order chi connectivity index (χ0) is 12.3. The van der Waals surface area contributed by atoms with Gasteiger partial charge in [-0.05, 0) is 12.1 Å². The molecule has 6 heteroatoms. The van der Waals surface area contributed by atoms with Crippen LogP contribution in [0, 0.1) is 0 Å². The molecule has 1 amide bonds. The van der Waals surface area contributed by atoms with Crippen LogP contribution in [-0.2, 0) is 4.79 Å². The Morgan fingerprint density at radius 3 is 2.44 bits per heavy atom. The van der Waals surface area contributed by atoms with Gasteiger partial charge in [0.1, 0.15) is 17.6 Å². The van der Waals surface area contributed by atoms with E-state index in [1.807, 2.05) is 0 Å². The van der Waals surface area contributed by atoms with Gasteiger partial charge in [-0.1, -0.05) is 0 Å². The molecule has 88 valence electrons. The lowest BCUT2D eigenvalue weighted by atomic mass is 10.0. The number of primary amides is 1. The lowest BCUT2D eigenvalue weighted by molar-refractivity contribution is -0.121. The third kappa shape index (κ3) is 2.85. The van der Waals surface area contributed by atoms with E-state index < -0.39 is 24.5 Å². The van der Waals surface area contributed by atoms with Crippen LogP contribution in [0.5, 0.6) is 11.5 Å². The highest BCUT2D eigenvalue weighted by Gasteiger charge is 2.22. The summed E-state index contributed by atoms with van der Waals surface area (Å²) in [4.78, 5) is 10.5. The summed E-state index contributed by atoms with van der Waals surface area (Å²) in [6, 6.07) is 3.52. The van der Waals surface area contributed by atoms with E-state index in [9.17, 15) is 20.1 Å². The number of phenols is 2. The molecule has 0 spiro atoms. The van der Waals surface area contributed by atoms with Gasteiger partial charge in [0.2, 0.25) is 5.91 Å². The van der Waals surface area contributed by atoms with E-state index in [0.29, 0.717) is 0 Å². The number of aliphatic hydroxyl groups is 2. The van der Waals surface area contributed by atoms with Crippen molar-refractivity contribution in [3.05, 3.63) is 23.8 Å². The maximum Gasteiger partial charge on any atom is 0.220 e. The maximum absolute atomic E-state index is 10.5. The molecule has 1 rings (SSSR count). The standard InChI is InChI=1S/C10H13NO5/c11-9(15)4-8(14)10(16)6-2-1-5(12)3-7(6)13/h1-3,8,10,12-14,16H,4H2,(H2,11,15). The average Bonchev–Trinajstić information content (AvgIpc) is 2.15. The van der Waals surface area contributed by atoms with E-state index in [1.54, 1.807) is 0 Å². The highest BCUT2D eigenvalue weighted by molar-refractivity contribution is 5.74. The Morgan fingerprint density at radius 1 is 1.31 bits per heavy atom. The number of hydrogen-bond donors (Lipinski definition) is 5. The van der Waals surface area contributed by atoms with Gasteiger partial charge in [-0.2, -0.15) is 0 Å². The lowest BCUT2D eigenvalue weighted by Crippen LogP contribution is -2.25. The fourth-order valence-corrected chi connectivity index (χ4v) is 1.31. The monoisotopic (exact) mass is 227 g/mol. The van der Waals surface area contributed by atoms with Crippen LogP contribution in [0.1, 0.15) is 18.1 Å². The fourth-order valence-electron chi connectivity index (χ4n) is 1.31. The SMILES string of the molecule is NC(=O)CC(O)C(O)c1ccc(O)cc1O. The molecular formula is C10H13NO5. The molecule has 0 saturated carbocycles. The van der Waals surface area contributed by atoms with Crippen molar-refractivity contribution in [3.63, 3.8) is 0 Å². The van der Waals surface area contributed by atoms with Crippen LogP contribution in [0.25, 0.3) is 0 Å². The Labute approximate surface area is 91.6 Å². The number of aliphatic hydroxyl groups excluding tert-OH is 2. The minimum absolute atomic E-state index is 0.0200. The summed E-state index contributed by atoms with van der Waals surface area (Å²) in [5.41, 5.74) is 4.88. The summed E-state index contributed by atoms with van der Waals surface area (Å²) in [6.07, 6.45) is -3.25. The number of carbonyl (C=O) groups is 1. The Morgan fingerprint density at radius 2 is 1.94 bits per heavy atom. The van der Waals surface area contributed by atoms with Crippen LogP contribution >= 0.6 is 0 Å². The first-order chi connectivity index (χ1) is 7.41. The van der Waals surface area contributed by atoms with E-state index in [-0.39, 0.29) is 17.1 Å². The van der Waals surface area contributed by atoms with Crippen molar-refractivity contribution in [1.29, 1.82) is 0 Å². The summed E-state index contributed by atoms with van der Waals surface area (Å²) in [5, 5.41) is 37.4. The Hall–Kier alpha value is -1.79. The third-order valence-electron chi connectivity index (χ3n) is 2.11. The van der Waals surface area contributed by atoms with E-state index in [2.05, 4.69) is 0 Å². The molecule has 0 saturated heterocycles. The summed E-state index contributed by atoms with van der Waals surface area (Å²) < 4.78 is 0. The third-order valence-corrected chi connectivity index (χ3v) is 2.11. The molecule has 2 atom stereocenters. The van der Waals surface area contributed by atoms with Gasteiger partial charge in [0.15, 0.2) is 0 Å². The molecule has 0 bridgehead atoms. The van der Waals surface area contributed by atoms with Gasteiger partial charge in [-0.3, -0.25) is 4.79 Å². The predicted octanol–water partition coefficient (Wildman–Crippen LogP) is -0.633. The molecule has 0 radical (unpaired) electrons. The molecule has 1 aromatic rings. The average molecular weight is 227 g/mol. The highest BCUT2D eigenvalue weighted by atomic mass is 16.3. The molecule has 0 aliphatic carbocycles. The second kappa shape index (κ2) is 4.82. The first-order valence-electron chi connectivity index (χ1n) is 4.58. The molecule has 0 aliphatic heterocycles. The molecule has 6 N–H and O–H groups in total. The Kier molecular flexibility index (Phi) is 3.70. The topological polar surface area (TPSA) is 124 Å². The second-order valence-corrected chi connectivity index (χ2v) is 3.43. The minimum atomic E-state index is -1.44. The molecule has 2 unspecified atom stereocenters. The Bertz CT molecular complexity index is 393. The maximum atomic E-state index is 10.5. The zero-order valence-electron chi connectivity index (χ0n) is 8.37. The molecule has 6 nitrogen and oxygen atoms in total. The molecule has 1 aromatic carbocycles. The summed E-state index contributed by atoms with van der Waals surface area (Å²) in [5.74, 6) is -1.29. The van der Waals surface area contributed by atoms with Crippen molar-refractivity contribution in [1.82, 2.24) is 0 Å². The zero-order valence-corrected chi connectivity index (χ0v) is 8.37. The van der Waals surface area contributed by atoms with Crippen molar-refractivity contribution in [2.45, 2.75) is 18.6 Å². The van der Waals surface area contributed by atoms with Gasteiger partial charge < -0.3 is 26.2 Å². The largest absolute Gasteiger partial charge is 0.508 e. The molecule has 0 fully saturated rings. The van der Waals surface area contributed by atoms with Crippen molar-refractivity contribution in [2.75, 3.05) is 0 Å². The quantitative estimate of drug-likeness (QED) is 0.468. The molecule has 0 aliphatic rings. The van der Waals surface area contributed by atoms with Crippen molar-refractivity contribution in [2.24, 2.45) is 5.73 Å². The van der Waals surface area contributed by atoms with Crippen LogP contribution in [0.4, 0.5) is 0 Å². The highest BCUT2D eigenvalue weighted by Crippen LogP contribution is 2.30. The number of hydrogen-bond acceptors (Lipinski definition) is 5. The van der Waals surface area contributed by atoms with Crippen LogP contribution in [0.2, 0.25) is 0 Å². The van der Waals surface area contributed by atoms with E-state index in [1.165, 1.54) is 12.1 Å². The van der Waals surface area contributed by atoms with Gasteiger partial charge in [0.25, 0.3) is 0 Å². The summed E-state index contributed by atoms with van der Waals surface area (Å²) >= 11 is 0. The smallest absolute Gasteiger partial charge is 0.220 e. The second-order valence-electron chi connectivity index (χ2n) is 3.43. The number of amides is 1. The van der Waals surface area contributed by atoms with Crippen LogP contribution < -0.4 is 5.73 Å². The number of rotatable bonds is 4. The molecule has 16 heavy (non-hydrogen) atoms. The molecular weight excluding hydrogens is 214 g/mol. The summed E-state index contributed by atoms with van der Waals surface area (Å²) in [7, 11) is 0. The number of carbonyl (C=O) groups excluding carboxylic acids is 1. The number of benzene rings is 1. The van der Waals surface area contributed by atoms with E-state index in [0.717, 1.165) is 6.07 Å². The number of phenolic OH excluding ortho intramolecular Hbond substituents is 2. The van der Waals surface area contributed by atoms with Gasteiger partial charge in [-0.25, -0.2) is 0 Å². The fraction of sp³-hybridized carbons (Fsp3) is 0.300. The predicted molar refractivity (Wildman–Crippen MR) is 54.5 cm³/mol. The van der Waals surface area contributed by atoms with Gasteiger partial charge in [-0.15, -0.1) is 0 Å². The summed E-state index contributed by atoms with van der Waals surface area (Å²) in [6.45, 7) is 0. The van der Waals surface area contributed by atoms with Crippen LogP contribution in [0.3, 0.4) is 0 Å². The van der Waals surface area contributed by atoms with Gasteiger partial charge in [0.05, 0.1) is 12.5 Å². The van der Waals surface area contributed by atoms with Crippen LogP contribution in [-0.4, -0.2) is 32.4 Å². The normalized spacial score (nSPS) is 14.4. The number of aromatic hydroxyl groups is 2. The lowest BCUT2D eigenvalue weighted by Gasteiger charge is -2.17.